The van der Waals surface area contributed by atoms with Crippen molar-refractivity contribution in [1.82, 2.24) is 4.98 Å². The van der Waals surface area contributed by atoms with E-state index >= 15 is 0 Å². The van der Waals surface area contributed by atoms with Gasteiger partial charge in [0, 0.05) is 17.7 Å². The molecule has 0 bridgehead atoms. The van der Waals surface area contributed by atoms with Crippen molar-refractivity contribution in [3.05, 3.63) is 59.9 Å². The van der Waals surface area contributed by atoms with E-state index in [1.807, 2.05) is 6.20 Å². The monoisotopic (exact) mass is 361 g/mol. The zero-order chi connectivity index (χ0) is 19.0. The molecule has 2 aliphatic rings. The maximum absolute atomic E-state index is 12.2. The van der Waals surface area contributed by atoms with Crippen molar-refractivity contribution in [2.75, 3.05) is 6.61 Å². The number of aromatic nitrogens is 1. The summed E-state index contributed by atoms with van der Waals surface area (Å²) < 4.78 is 5.37. The molecule has 1 saturated carbocycles. The van der Waals surface area contributed by atoms with Crippen molar-refractivity contribution in [2.24, 2.45) is 29.6 Å². The average Bonchev–Trinajstić information content (AvgIpc) is 3.03. The van der Waals surface area contributed by atoms with Gasteiger partial charge in [-0.2, -0.15) is 0 Å². The highest BCUT2D eigenvalue weighted by Gasteiger charge is 2.48. The third-order valence-corrected chi connectivity index (χ3v) is 6.55. The maximum Gasteiger partial charge on any atom is 0.309 e. The van der Waals surface area contributed by atoms with Crippen molar-refractivity contribution in [2.45, 2.75) is 27.2 Å². The number of carbonyl (C=O) groups excluding carboxylic acids is 1. The molecule has 140 valence electrons. The molecule has 1 aromatic heterocycles. The number of esters is 1. The average molecular weight is 361 g/mol. The van der Waals surface area contributed by atoms with Gasteiger partial charge in [-0.15, -0.1) is 0 Å². The molecule has 3 heteroatoms. The van der Waals surface area contributed by atoms with Crippen LogP contribution in [0.3, 0.4) is 0 Å². The summed E-state index contributed by atoms with van der Waals surface area (Å²) in [6.45, 7) is 7.26. The van der Waals surface area contributed by atoms with E-state index in [0.29, 0.717) is 24.4 Å². The van der Waals surface area contributed by atoms with Gasteiger partial charge in [0.1, 0.15) is 0 Å². The minimum Gasteiger partial charge on any atom is -0.465 e. The van der Waals surface area contributed by atoms with Gasteiger partial charge in [-0.05, 0) is 54.4 Å². The predicted octanol–water partition coefficient (Wildman–Crippen LogP) is 5.15. The molecule has 0 spiro atoms. The number of rotatable bonds is 3. The number of nitrogens with zero attached hydrogens (tertiary/aromatic N) is 1. The van der Waals surface area contributed by atoms with E-state index in [-0.39, 0.29) is 17.8 Å². The predicted molar refractivity (Wildman–Crippen MR) is 108 cm³/mol. The molecule has 1 aromatic carbocycles. The van der Waals surface area contributed by atoms with E-state index in [9.17, 15) is 4.79 Å². The molecule has 3 nitrogen and oxygen atoms in total. The zero-order valence-corrected chi connectivity index (χ0v) is 16.3. The topological polar surface area (TPSA) is 39.2 Å². The molecule has 1 aliphatic carbocycles. The number of cyclic esters (lactones) is 1. The Morgan fingerprint density at radius 3 is 2.70 bits per heavy atom. The van der Waals surface area contributed by atoms with Gasteiger partial charge >= 0.3 is 5.97 Å². The molecule has 0 N–H and O–H groups in total. The number of allylic oxidation sites excluding steroid dienone is 1. The van der Waals surface area contributed by atoms with E-state index in [4.69, 9.17) is 4.74 Å². The number of hydrogen-bond donors (Lipinski definition) is 0. The third-order valence-electron chi connectivity index (χ3n) is 6.55. The number of aryl methyl sites for hydroxylation is 1. The molecule has 27 heavy (non-hydrogen) atoms. The Morgan fingerprint density at radius 1 is 1.15 bits per heavy atom. The van der Waals surface area contributed by atoms with Crippen LogP contribution in [0.4, 0.5) is 0 Å². The Labute approximate surface area is 161 Å². The summed E-state index contributed by atoms with van der Waals surface area (Å²) in [5.74, 6) is 1.67. The SMILES string of the molecule is Cc1ccccc1-c1ccc(/C=C/[C@H]2[C@H](C)[C@@H](C)C[C@@H]3COC(=O)[C@@H]32)nc1. The van der Waals surface area contributed by atoms with E-state index in [1.165, 1.54) is 11.1 Å². The van der Waals surface area contributed by atoms with E-state index in [0.717, 1.165) is 17.7 Å². The van der Waals surface area contributed by atoms with Gasteiger partial charge in [-0.1, -0.05) is 50.3 Å². The fraction of sp³-hybridized carbons (Fsp3) is 0.417. The second-order valence-electron chi connectivity index (χ2n) is 8.21. The molecule has 2 fully saturated rings. The summed E-state index contributed by atoms with van der Waals surface area (Å²) in [5.41, 5.74) is 4.52. The zero-order valence-electron chi connectivity index (χ0n) is 16.3. The minimum absolute atomic E-state index is 0.0127. The van der Waals surface area contributed by atoms with Crippen LogP contribution in [0, 0.1) is 36.5 Å². The first-order chi connectivity index (χ1) is 13.0. The number of fused-ring (bicyclic) bond motifs is 1. The summed E-state index contributed by atoms with van der Waals surface area (Å²) in [5, 5.41) is 0. The van der Waals surface area contributed by atoms with Crippen LogP contribution >= 0.6 is 0 Å². The first-order valence-corrected chi connectivity index (χ1v) is 9.91. The van der Waals surface area contributed by atoms with Crippen LogP contribution in [-0.2, 0) is 9.53 Å². The molecule has 0 unspecified atom stereocenters. The fourth-order valence-corrected chi connectivity index (χ4v) is 4.73. The van der Waals surface area contributed by atoms with Gasteiger partial charge in [-0.25, -0.2) is 0 Å². The quantitative estimate of drug-likeness (QED) is 0.710. The van der Waals surface area contributed by atoms with E-state index in [1.54, 1.807) is 0 Å². The highest BCUT2D eigenvalue weighted by molar-refractivity contribution is 5.76. The van der Waals surface area contributed by atoms with Crippen LogP contribution in [-0.4, -0.2) is 17.6 Å². The molecule has 5 atom stereocenters. The Balaban J connectivity index is 1.55. The number of ether oxygens (including phenoxy) is 1. The van der Waals surface area contributed by atoms with Crippen molar-refractivity contribution in [1.29, 1.82) is 0 Å². The van der Waals surface area contributed by atoms with Crippen LogP contribution in [0.1, 0.15) is 31.5 Å². The molecule has 1 saturated heterocycles. The van der Waals surface area contributed by atoms with E-state index < -0.39 is 0 Å². The molecular formula is C24H27NO2. The van der Waals surface area contributed by atoms with Crippen molar-refractivity contribution < 1.29 is 9.53 Å². The molecule has 0 amide bonds. The van der Waals surface area contributed by atoms with Crippen LogP contribution in [0.5, 0.6) is 0 Å². The van der Waals surface area contributed by atoms with Gasteiger partial charge in [-0.3, -0.25) is 9.78 Å². The number of carbonyl (C=O) groups is 1. The largest absolute Gasteiger partial charge is 0.465 e. The molecular weight excluding hydrogens is 334 g/mol. The van der Waals surface area contributed by atoms with Gasteiger partial charge in [0.25, 0.3) is 0 Å². The molecule has 2 heterocycles. The standard InChI is InChI=1S/C24H27NO2/c1-15-6-4-5-7-21(15)18-8-9-20(25-13-18)10-11-22-17(3)16(2)12-19-14-27-24(26)23(19)22/h4-11,13,16-17,19,22-23H,12,14H2,1-3H3/b11-10+/t16-,17+,19+,22-,23-/m0/s1. The Morgan fingerprint density at radius 2 is 1.96 bits per heavy atom. The molecule has 2 aromatic rings. The lowest BCUT2D eigenvalue weighted by atomic mass is 9.64. The van der Waals surface area contributed by atoms with Gasteiger partial charge in [0.2, 0.25) is 0 Å². The fourth-order valence-electron chi connectivity index (χ4n) is 4.73. The first kappa shape index (κ1) is 18.0. The number of pyridine rings is 1. The van der Waals surface area contributed by atoms with Crippen molar-refractivity contribution >= 4 is 12.0 Å². The normalized spacial score (nSPS) is 30.3. The van der Waals surface area contributed by atoms with Gasteiger partial charge < -0.3 is 4.74 Å². The lowest BCUT2D eigenvalue weighted by Gasteiger charge is -2.38. The van der Waals surface area contributed by atoms with E-state index in [2.05, 4.69) is 74.3 Å². The van der Waals surface area contributed by atoms with Crippen molar-refractivity contribution in [3.63, 3.8) is 0 Å². The molecule has 4 rings (SSSR count). The smallest absolute Gasteiger partial charge is 0.309 e. The van der Waals surface area contributed by atoms with Crippen LogP contribution in [0.25, 0.3) is 17.2 Å². The van der Waals surface area contributed by atoms with Gasteiger partial charge in [0.05, 0.1) is 18.2 Å². The summed E-state index contributed by atoms with van der Waals surface area (Å²) in [6.07, 6.45) is 7.29. The second kappa shape index (κ2) is 7.30. The van der Waals surface area contributed by atoms with Crippen LogP contribution < -0.4 is 0 Å². The van der Waals surface area contributed by atoms with Crippen LogP contribution in [0.2, 0.25) is 0 Å². The summed E-state index contributed by atoms with van der Waals surface area (Å²) in [6, 6.07) is 12.5. The van der Waals surface area contributed by atoms with Crippen molar-refractivity contribution in [3.8, 4) is 11.1 Å². The highest BCUT2D eigenvalue weighted by Crippen LogP contribution is 2.46. The van der Waals surface area contributed by atoms with Crippen LogP contribution in [0.15, 0.2) is 48.7 Å². The van der Waals surface area contributed by atoms with Gasteiger partial charge in [0.15, 0.2) is 0 Å². The minimum atomic E-state index is -0.0174. The molecule has 0 radical (unpaired) electrons. The molecule has 1 aliphatic heterocycles. The Kier molecular flexibility index (Phi) is 4.86. The maximum atomic E-state index is 12.2. The third kappa shape index (κ3) is 3.43. The Bertz CT molecular complexity index is 855. The Hall–Kier alpha value is -2.42. The lowest BCUT2D eigenvalue weighted by molar-refractivity contribution is -0.143. The first-order valence-electron chi connectivity index (χ1n) is 9.91. The number of benzene rings is 1. The summed E-state index contributed by atoms with van der Waals surface area (Å²) >= 11 is 0. The summed E-state index contributed by atoms with van der Waals surface area (Å²) in [4.78, 5) is 16.9. The lowest BCUT2D eigenvalue weighted by Crippen LogP contribution is -2.38. The summed E-state index contributed by atoms with van der Waals surface area (Å²) in [7, 11) is 0. The number of hydrogen-bond acceptors (Lipinski definition) is 3. The highest BCUT2D eigenvalue weighted by atomic mass is 16.5. The second-order valence-corrected chi connectivity index (χ2v) is 8.21.